The summed E-state index contributed by atoms with van der Waals surface area (Å²) in [5.41, 5.74) is 0.985. The van der Waals surface area contributed by atoms with Gasteiger partial charge in [0, 0.05) is 24.3 Å². The lowest BCUT2D eigenvalue weighted by atomic mass is 10.3. The van der Waals surface area contributed by atoms with E-state index in [-0.39, 0.29) is 0 Å². The molecule has 0 bridgehead atoms. The summed E-state index contributed by atoms with van der Waals surface area (Å²) in [6.07, 6.45) is 3.67. The molecule has 0 atom stereocenters. The van der Waals surface area contributed by atoms with Crippen molar-refractivity contribution in [2.24, 2.45) is 4.99 Å². The molecule has 19 heavy (non-hydrogen) atoms. The van der Waals surface area contributed by atoms with Crippen molar-refractivity contribution in [3.63, 3.8) is 0 Å². The Morgan fingerprint density at radius 2 is 2.11 bits per heavy atom. The van der Waals surface area contributed by atoms with Crippen molar-refractivity contribution in [1.29, 1.82) is 0 Å². The van der Waals surface area contributed by atoms with E-state index in [2.05, 4.69) is 25.6 Å². The van der Waals surface area contributed by atoms with Gasteiger partial charge >= 0.3 is 0 Å². The van der Waals surface area contributed by atoms with Crippen molar-refractivity contribution in [1.82, 2.24) is 20.6 Å². The van der Waals surface area contributed by atoms with Gasteiger partial charge in [-0.15, -0.1) is 11.3 Å². The van der Waals surface area contributed by atoms with Crippen LogP contribution in [0.3, 0.4) is 0 Å². The second kappa shape index (κ2) is 6.84. The highest BCUT2D eigenvalue weighted by Gasteiger charge is 2.01. The summed E-state index contributed by atoms with van der Waals surface area (Å²) in [5, 5.41) is 7.55. The quantitative estimate of drug-likeness (QED) is 0.659. The van der Waals surface area contributed by atoms with Crippen molar-refractivity contribution < 1.29 is 0 Å². The van der Waals surface area contributed by atoms with E-state index < -0.39 is 0 Å². The zero-order valence-corrected chi connectivity index (χ0v) is 11.9. The van der Waals surface area contributed by atoms with E-state index in [1.54, 1.807) is 24.6 Å². The minimum Gasteiger partial charge on any atom is -0.351 e. The molecule has 0 spiro atoms. The van der Waals surface area contributed by atoms with E-state index in [4.69, 9.17) is 0 Å². The zero-order chi connectivity index (χ0) is 13.5. The van der Waals surface area contributed by atoms with Gasteiger partial charge in [0.05, 0.1) is 23.8 Å². The first-order valence-corrected chi connectivity index (χ1v) is 6.85. The van der Waals surface area contributed by atoms with Crippen LogP contribution >= 0.6 is 11.3 Å². The van der Waals surface area contributed by atoms with Crippen molar-refractivity contribution in [3.05, 3.63) is 46.2 Å². The minimum absolute atomic E-state index is 0.655. The van der Waals surface area contributed by atoms with E-state index in [1.807, 2.05) is 31.3 Å². The number of thiazole rings is 1. The average Bonchev–Trinajstić information content (AvgIpc) is 2.86. The molecule has 0 saturated carbocycles. The fourth-order valence-electron chi connectivity index (χ4n) is 1.56. The second-order valence-corrected chi connectivity index (χ2v) is 5.27. The van der Waals surface area contributed by atoms with Gasteiger partial charge < -0.3 is 10.6 Å². The van der Waals surface area contributed by atoms with Crippen LogP contribution in [0.4, 0.5) is 0 Å². The Kier molecular flexibility index (Phi) is 4.85. The molecule has 6 heteroatoms. The normalized spacial score (nSPS) is 11.4. The zero-order valence-electron chi connectivity index (χ0n) is 11.1. The highest BCUT2D eigenvalue weighted by Crippen LogP contribution is 2.10. The van der Waals surface area contributed by atoms with Gasteiger partial charge in [-0.3, -0.25) is 9.98 Å². The van der Waals surface area contributed by atoms with Crippen molar-refractivity contribution in [2.75, 3.05) is 7.05 Å². The Balaban J connectivity index is 1.81. The van der Waals surface area contributed by atoms with Crippen LogP contribution in [0.25, 0.3) is 0 Å². The fourth-order valence-corrected chi connectivity index (χ4v) is 2.29. The van der Waals surface area contributed by atoms with Crippen LogP contribution < -0.4 is 10.6 Å². The maximum atomic E-state index is 4.25. The molecular formula is C13H17N5S. The van der Waals surface area contributed by atoms with E-state index in [1.165, 1.54) is 4.88 Å². The SMILES string of the molecule is CN=C(NCc1ccccn1)NCc1cnc(C)s1. The van der Waals surface area contributed by atoms with Gasteiger partial charge in [0.2, 0.25) is 0 Å². The van der Waals surface area contributed by atoms with Gasteiger partial charge in [-0.25, -0.2) is 4.98 Å². The van der Waals surface area contributed by atoms with Crippen LogP contribution in [0, 0.1) is 6.92 Å². The Labute approximate surface area is 116 Å². The molecule has 0 aliphatic carbocycles. The summed E-state index contributed by atoms with van der Waals surface area (Å²) >= 11 is 1.69. The molecule has 0 aliphatic heterocycles. The summed E-state index contributed by atoms with van der Waals surface area (Å²) in [6, 6.07) is 5.86. The molecule has 0 aromatic carbocycles. The molecule has 0 fully saturated rings. The highest BCUT2D eigenvalue weighted by atomic mass is 32.1. The van der Waals surface area contributed by atoms with Gasteiger partial charge in [0.25, 0.3) is 0 Å². The number of aromatic nitrogens is 2. The molecule has 2 aromatic heterocycles. The van der Waals surface area contributed by atoms with Gasteiger partial charge in [-0.1, -0.05) is 6.07 Å². The van der Waals surface area contributed by atoms with Crippen molar-refractivity contribution >= 4 is 17.3 Å². The van der Waals surface area contributed by atoms with E-state index in [0.29, 0.717) is 6.54 Å². The van der Waals surface area contributed by atoms with Gasteiger partial charge in [-0.2, -0.15) is 0 Å². The molecule has 0 saturated heterocycles. The smallest absolute Gasteiger partial charge is 0.191 e. The highest BCUT2D eigenvalue weighted by molar-refractivity contribution is 7.11. The Bertz CT molecular complexity index is 535. The lowest BCUT2D eigenvalue weighted by Crippen LogP contribution is -2.36. The molecule has 2 rings (SSSR count). The van der Waals surface area contributed by atoms with Gasteiger partial charge in [0.1, 0.15) is 0 Å². The number of nitrogens with zero attached hydrogens (tertiary/aromatic N) is 3. The first-order valence-electron chi connectivity index (χ1n) is 6.03. The van der Waals surface area contributed by atoms with Crippen molar-refractivity contribution in [2.45, 2.75) is 20.0 Å². The number of aryl methyl sites for hydroxylation is 1. The molecule has 2 N–H and O–H groups in total. The lowest BCUT2D eigenvalue weighted by molar-refractivity contribution is 0.798. The largest absolute Gasteiger partial charge is 0.351 e. The summed E-state index contributed by atoms with van der Waals surface area (Å²) in [4.78, 5) is 13.8. The minimum atomic E-state index is 0.655. The van der Waals surface area contributed by atoms with Crippen molar-refractivity contribution in [3.8, 4) is 0 Å². The number of hydrogen-bond acceptors (Lipinski definition) is 4. The molecule has 0 radical (unpaired) electrons. The molecule has 2 aromatic rings. The maximum Gasteiger partial charge on any atom is 0.191 e. The predicted octanol–water partition coefficient (Wildman–Crippen LogP) is 1.71. The van der Waals surface area contributed by atoms with E-state index in [0.717, 1.165) is 23.2 Å². The summed E-state index contributed by atoms with van der Waals surface area (Å²) < 4.78 is 0. The summed E-state index contributed by atoms with van der Waals surface area (Å²) in [6.45, 7) is 3.39. The third-order valence-electron chi connectivity index (χ3n) is 2.49. The third-order valence-corrected chi connectivity index (χ3v) is 3.40. The monoisotopic (exact) mass is 275 g/mol. The number of nitrogens with one attached hydrogen (secondary N) is 2. The first-order chi connectivity index (χ1) is 9.28. The van der Waals surface area contributed by atoms with Crippen LogP contribution in [0.15, 0.2) is 35.6 Å². The number of rotatable bonds is 4. The Morgan fingerprint density at radius 1 is 1.26 bits per heavy atom. The average molecular weight is 275 g/mol. The Hall–Kier alpha value is -1.95. The summed E-state index contributed by atoms with van der Waals surface area (Å²) in [7, 11) is 1.76. The third kappa shape index (κ3) is 4.33. The standard InChI is InChI=1S/C13H17N5S/c1-10-16-8-12(19-10)9-18-13(14-2)17-7-11-5-3-4-6-15-11/h3-6,8H,7,9H2,1-2H3,(H2,14,17,18). The molecule has 5 nitrogen and oxygen atoms in total. The van der Waals surface area contributed by atoms with E-state index >= 15 is 0 Å². The molecule has 0 unspecified atom stereocenters. The van der Waals surface area contributed by atoms with Gasteiger partial charge in [0.15, 0.2) is 5.96 Å². The Morgan fingerprint density at radius 3 is 2.74 bits per heavy atom. The molecule has 0 aliphatic rings. The predicted molar refractivity (Wildman–Crippen MR) is 78.1 cm³/mol. The number of hydrogen-bond donors (Lipinski definition) is 2. The van der Waals surface area contributed by atoms with Crippen LogP contribution in [0.2, 0.25) is 0 Å². The van der Waals surface area contributed by atoms with Crippen LogP contribution in [-0.4, -0.2) is 23.0 Å². The number of aliphatic imine (C=N–C) groups is 1. The van der Waals surface area contributed by atoms with Gasteiger partial charge in [-0.05, 0) is 19.1 Å². The lowest BCUT2D eigenvalue weighted by Gasteiger charge is -2.10. The van der Waals surface area contributed by atoms with Crippen LogP contribution in [0.5, 0.6) is 0 Å². The van der Waals surface area contributed by atoms with Crippen LogP contribution in [-0.2, 0) is 13.1 Å². The first kappa shape index (κ1) is 13.5. The van der Waals surface area contributed by atoms with Crippen LogP contribution in [0.1, 0.15) is 15.6 Å². The molecule has 100 valence electrons. The maximum absolute atomic E-state index is 4.25. The number of guanidine groups is 1. The van der Waals surface area contributed by atoms with E-state index in [9.17, 15) is 0 Å². The molecule has 0 amide bonds. The fraction of sp³-hybridized carbons (Fsp3) is 0.308. The molecule has 2 heterocycles. The topological polar surface area (TPSA) is 62.2 Å². The second-order valence-electron chi connectivity index (χ2n) is 3.95. The number of pyridine rings is 1. The summed E-state index contributed by atoms with van der Waals surface area (Å²) in [5.74, 6) is 0.761. The molecular weight excluding hydrogens is 258 g/mol.